The van der Waals surface area contributed by atoms with Crippen molar-refractivity contribution in [3.8, 4) is 0 Å². The van der Waals surface area contributed by atoms with E-state index in [2.05, 4.69) is 5.43 Å². The molecule has 29 heavy (non-hydrogen) atoms. The summed E-state index contributed by atoms with van der Waals surface area (Å²) in [4.78, 5) is 10.4. The maximum absolute atomic E-state index is 14.4. The molecule has 3 nitrogen and oxygen atoms in total. The number of hydrazine groups is 1. The minimum absolute atomic E-state index is 0.111. The summed E-state index contributed by atoms with van der Waals surface area (Å²) >= 11 is 0. The van der Waals surface area contributed by atoms with Gasteiger partial charge in [0.15, 0.2) is 0 Å². The lowest BCUT2D eigenvalue weighted by atomic mass is 9.76. The monoisotopic (exact) mass is 446 g/mol. The minimum Gasteiger partial charge on any atom is -0.280 e. The van der Waals surface area contributed by atoms with Gasteiger partial charge >= 0.3 is 10.2 Å². The summed E-state index contributed by atoms with van der Waals surface area (Å²) in [6.07, 6.45) is 0. The van der Waals surface area contributed by atoms with E-state index < -0.39 is 55.5 Å². The van der Waals surface area contributed by atoms with Gasteiger partial charge in [-0.05, 0) is 24.6 Å². The molecule has 0 radical (unpaired) electrons. The molecule has 0 bridgehead atoms. The first kappa shape index (κ1) is 21.4. The first-order valence-electron chi connectivity index (χ1n) is 7.98. The van der Waals surface area contributed by atoms with Gasteiger partial charge in [-0.15, -0.1) is 0 Å². The topological polar surface area (TPSA) is 32.3 Å². The van der Waals surface area contributed by atoms with Crippen LogP contribution in [0.5, 0.6) is 0 Å². The van der Waals surface area contributed by atoms with Crippen LogP contribution >= 0.6 is 10.2 Å². The zero-order chi connectivity index (χ0) is 22.1. The summed E-state index contributed by atoms with van der Waals surface area (Å²) in [5, 5.41) is 0.866. The van der Waals surface area contributed by atoms with Gasteiger partial charge in [0.1, 0.15) is 22.3 Å². The number of hydrogen-bond donors (Lipinski definition) is 1. The van der Waals surface area contributed by atoms with E-state index in [1.807, 2.05) is 0 Å². The molecular weight excluding hydrogens is 432 g/mol. The Labute approximate surface area is 160 Å². The average Bonchev–Trinajstić information content (AvgIpc) is 2.74. The summed E-state index contributed by atoms with van der Waals surface area (Å²) in [5.41, 5.74) is -0.262. The summed E-state index contributed by atoms with van der Waals surface area (Å²) in [5.74, 6) is -6.12. The van der Waals surface area contributed by atoms with Crippen LogP contribution < -0.4 is 5.43 Å². The van der Waals surface area contributed by atoms with Crippen molar-refractivity contribution in [2.75, 3.05) is 7.05 Å². The Morgan fingerprint density at radius 1 is 0.966 bits per heavy atom. The Bertz CT molecular complexity index is 986. The molecule has 1 saturated heterocycles. The minimum atomic E-state index is -9.94. The van der Waals surface area contributed by atoms with Crippen LogP contribution in [0.4, 0.5) is 32.6 Å². The third-order valence-electron chi connectivity index (χ3n) is 4.74. The Balaban J connectivity index is 2.16. The molecule has 3 rings (SSSR count). The number of carbonyl (C=O) groups is 1. The lowest BCUT2D eigenvalue weighted by Gasteiger charge is -2.40. The number of nitrogens with zero attached hydrogens (tertiary/aromatic N) is 1. The maximum atomic E-state index is 14.4. The van der Waals surface area contributed by atoms with Crippen LogP contribution in [-0.2, 0) is 10.3 Å². The Morgan fingerprint density at radius 2 is 1.45 bits per heavy atom. The molecule has 160 valence electrons. The lowest BCUT2D eigenvalue weighted by Crippen LogP contribution is -2.43. The van der Waals surface area contributed by atoms with Gasteiger partial charge in [-0.3, -0.25) is 9.80 Å². The average molecular weight is 446 g/mol. The maximum Gasteiger partial charge on any atom is 0.310 e. The van der Waals surface area contributed by atoms with E-state index in [0.717, 1.165) is 5.01 Å². The fourth-order valence-corrected chi connectivity index (χ4v) is 4.19. The number of carbonyl (C=O) groups excluding carboxylic acids is 1. The molecule has 2 atom stereocenters. The van der Waals surface area contributed by atoms with E-state index in [1.54, 1.807) is 0 Å². The van der Waals surface area contributed by atoms with Crippen molar-refractivity contribution in [1.29, 1.82) is 0 Å². The SMILES string of the molecule is CN1N[C@](C)(c2c(F)cc(F)cc2F)[C@@H](c2ccc(S(F)(F)(F)(F)F)cc2)C1=O. The van der Waals surface area contributed by atoms with Crippen LogP contribution in [0.25, 0.3) is 0 Å². The second-order valence-electron chi connectivity index (χ2n) is 6.93. The van der Waals surface area contributed by atoms with Crippen LogP contribution in [0.15, 0.2) is 41.3 Å². The summed E-state index contributed by atoms with van der Waals surface area (Å²) in [6.45, 7) is 1.19. The van der Waals surface area contributed by atoms with Gasteiger partial charge in [-0.1, -0.05) is 31.6 Å². The highest BCUT2D eigenvalue weighted by Gasteiger charge is 2.65. The largest absolute Gasteiger partial charge is 0.310 e. The molecule has 0 unspecified atom stereocenters. The van der Waals surface area contributed by atoms with E-state index in [1.165, 1.54) is 14.0 Å². The second kappa shape index (κ2) is 5.63. The third kappa shape index (κ3) is 3.66. The van der Waals surface area contributed by atoms with E-state index in [4.69, 9.17) is 0 Å². The van der Waals surface area contributed by atoms with Crippen LogP contribution in [0.1, 0.15) is 24.0 Å². The van der Waals surface area contributed by atoms with E-state index in [0.29, 0.717) is 24.3 Å². The highest BCUT2D eigenvalue weighted by molar-refractivity contribution is 8.45. The lowest BCUT2D eigenvalue weighted by molar-refractivity contribution is -0.129. The highest BCUT2D eigenvalue weighted by Crippen LogP contribution is 3.02. The molecule has 0 aromatic heterocycles. The van der Waals surface area contributed by atoms with Gasteiger partial charge in [0.2, 0.25) is 5.91 Å². The Hall–Kier alpha value is -2.34. The highest BCUT2D eigenvalue weighted by atomic mass is 32.5. The molecule has 1 amide bonds. The predicted octanol–water partition coefficient (Wildman–Crippen LogP) is 5.74. The molecule has 1 fully saturated rings. The normalized spacial score (nSPS) is 25.1. The number of hydrogen-bond acceptors (Lipinski definition) is 2. The van der Waals surface area contributed by atoms with Crippen molar-refractivity contribution in [2.24, 2.45) is 0 Å². The number of amides is 1. The molecule has 0 saturated carbocycles. The first-order valence-corrected chi connectivity index (χ1v) is 9.93. The molecule has 2 aromatic carbocycles. The second-order valence-corrected chi connectivity index (χ2v) is 9.34. The number of halogens is 8. The van der Waals surface area contributed by atoms with Crippen LogP contribution in [0.2, 0.25) is 0 Å². The third-order valence-corrected chi connectivity index (χ3v) is 5.90. The number of likely N-dealkylation sites (N-methyl/N-ethyl adjacent to an activating group) is 1. The Morgan fingerprint density at radius 3 is 1.90 bits per heavy atom. The quantitative estimate of drug-likeness (QED) is 0.611. The summed E-state index contributed by atoms with van der Waals surface area (Å²) < 4.78 is 107. The van der Waals surface area contributed by atoms with Crippen molar-refractivity contribution in [1.82, 2.24) is 10.4 Å². The van der Waals surface area contributed by atoms with Gasteiger partial charge in [0, 0.05) is 24.7 Å². The fourth-order valence-electron chi connectivity index (χ4n) is 3.54. The van der Waals surface area contributed by atoms with E-state index in [-0.39, 0.29) is 17.7 Å². The van der Waals surface area contributed by atoms with E-state index >= 15 is 0 Å². The standard InChI is InChI=1S/C17H14F8N2OS/c1-17(15-12(19)7-10(18)8-13(15)20)14(16(28)27(2)26-17)9-3-5-11(6-4-9)29(21,22,23,24)25/h3-8,14,26H,1-2H3/t14-,17-/m0/s1. The zero-order valence-electron chi connectivity index (χ0n) is 14.8. The van der Waals surface area contributed by atoms with Crippen molar-refractivity contribution in [3.05, 3.63) is 65.0 Å². The number of nitrogens with one attached hydrogen (secondary N) is 1. The fraction of sp³-hybridized carbons (Fsp3) is 0.235. The summed E-state index contributed by atoms with van der Waals surface area (Å²) in [7, 11) is -8.72. The first-order chi connectivity index (χ1) is 12.9. The van der Waals surface area contributed by atoms with Crippen molar-refractivity contribution in [2.45, 2.75) is 23.3 Å². The van der Waals surface area contributed by atoms with Gasteiger partial charge in [-0.25, -0.2) is 18.6 Å². The molecule has 1 N–H and O–H groups in total. The molecule has 12 heteroatoms. The van der Waals surface area contributed by atoms with Gasteiger partial charge in [-0.2, -0.15) is 0 Å². The number of rotatable bonds is 3. The van der Waals surface area contributed by atoms with Crippen LogP contribution in [-0.4, -0.2) is 18.0 Å². The van der Waals surface area contributed by atoms with Crippen molar-refractivity contribution < 1.29 is 37.4 Å². The Kier molecular flexibility index (Phi) is 4.15. The predicted molar refractivity (Wildman–Crippen MR) is 90.2 cm³/mol. The molecule has 1 heterocycles. The molecule has 0 spiro atoms. The molecule has 1 aliphatic rings. The summed E-state index contributed by atoms with van der Waals surface area (Å²) in [6, 6.07) is 2.30. The molecule has 0 aliphatic carbocycles. The van der Waals surface area contributed by atoms with Gasteiger partial charge in [0.25, 0.3) is 0 Å². The zero-order valence-corrected chi connectivity index (χ0v) is 15.6. The molecule has 1 aliphatic heterocycles. The van der Waals surface area contributed by atoms with E-state index in [9.17, 15) is 37.4 Å². The smallest absolute Gasteiger partial charge is 0.280 e. The van der Waals surface area contributed by atoms with Crippen LogP contribution in [0.3, 0.4) is 0 Å². The van der Waals surface area contributed by atoms with Gasteiger partial charge in [0.05, 0.1) is 11.5 Å². The van der Waals surface area contributed by atoms with Crippen LogP contribution in [0, 0.1) is 17.5 Å². The molecular formula is C17H14F8N2OS. The number of benzene rings is 2. The van der Waals surface area contributed by atoms with Crippen molar-refractivity contribution in [3.63, 3.8) is 0 Å². The van der Waals surface area contributed by atoms with Crippen molar-refractivity contribution >= 4 is 16.1 Å². The van der Waals surface area contributed by atoms with Gasteiger partial charge < -0.3 is 0 Å². The molecule has 2 aromatic rings.